The first-order valence-electron chi connectivity index (χ1n) is 8.65. The zero-order chi connectivity index (χ0) is 21.0. The second-order valence-corrected chi connectivity index (χ2v) is 6.03. The van der Waals surface area contributed by atoms with Gasteiger partial charge in [-0.05, 0) is 43.7 Å². The van der Waals surface area contributed by atoms with Crippen molar-refractivity contribution >= 4 is 23.4 Å². The van der Waals surface area contributed by atoms with Crippen LogP contribution < -0.4 is 10.6 Å². The molecule has 0 fully saturated rings. The van der Waals surface area contributed by atoms with Gasteiger partial charge in [0.15, 0.2) is 0 Å². The lowest BCUT2D eigenvalue weighted by Crippen LogP contribution is -2.20. The van der Waals surface area contributed by atoms with Crippen LogP contribution in [0.2, 0.25) is 0 Å². The third-order valence-corrected chi connectivity index (χ3v) is 3.94. The molecule has 7 nitrogen and oxygen atoms in total. The minimum absolute atomic E-state index is 0.0117. The Morgan fingerprint density at radius 2 is 1.79 bits per heavy atom. The van der Waals surface area contributed by atoms with E-state index in [0.29, 0.717) is 28.6 Å². The Hall–Kier alpha value is -3.75. The highest BCUT2D eigenvalue weighted by molar-refractivity contribution is 6.00. The van der Waals surface area contributed by atoms with Gasteiger partial charge in [0.25, 0.3) is 0 Å². The van der Waals surface area contributed by atoms with E-state index in [-0.39, 0.29) is 18.1 Å². The maximum Gasteiger partial charge on any atom is 0.377 e. The molecule has 1 heterocycles. The summed E-state index contributed by atoms with van der Waals surface area (Å²) >= 11 is 0. The number of amides is 2. The smallest absolute Gasteiger partial charge is 0.377 e. The molecule has 9 heteroatoms. The second-order valence-electron chi connectivity index (χ2n) is 6.03. The number of hydrogen-bond donors (Lipinski definition) is 2. The number of nitrogens with one attached hydrogen (secondary N) is 2. The number of carbonyl (C=O) groups excluding carboxylic acids is 2. The molecule has 0 aliphatic heterocycles. The van der Waals surface area contributed by atoms with Crippen LogP contribution in [0, 0.1) is 18.6 Å². The molecule has 1 aromatic heterocycles. The molecule has 29 heavy (non-hydrogen) atoms. The van der Waals surface area contributed by atoms with Gasteiger partial charge in [-0.15, -0.1) is 0 Å². The minimum Gasteiger partial charge on any atom is -0.460 e. The zero-order valence-electron chi connectivity index (χ0n) is 15.6. The monoisotopic (exact) mass is 401 g/mol. The molecule has 0 bridgehead atoms. The van der Waals surface area contributed by atoms with Crippen LogP contribution in [0.4, 0.5) is 25.0 Å². The molecule has 0 radical (unpaired) electrons. The van der Waals surface area contributed by atoms with E-state index in [9.17, 15) is 18.4 Å². The minimum atomic E-state index is -0.879. The fourth-order valence-electron chi connectivity index (χ4n) is 2.54. The summed E-state index contributed by atoms with van der Waals surface area (Å²) in [5.74, 6) is -2.23. The molecule has 0 spiro atoms. The number of halogens is 2. The summed E-state index contributed by atoms with van der Waals surface area (Å²) in [4.78, 5) is 23.8. The van der Waals surface area contributed by atoms with E-state index >= 15 is 0 Å². The first-order valence-corrected chi connectivity index (χ1v) is 8.65. The molecule has 0 saturated carbocycles. The van der Waals surface area contributed by atoms with Gasteiger partial charge in [0, 0.05) is 23.4 Å². The van der Waals surface area contributed by atoms with Crippen molar-refractivity contribution in [1.82, 2.24) is 5.16 Å². The second kappa shape index (κ2) is 8.51. The highest BCUT2D eigenvalue weighted by Gasteiger charge is 2.16. The molecule has 0 atom stereocenters. The van der Waals surface area contributed by atoms with E-state index in [1.807, 2.05) is 0 Å². The maximum atomic E-state index is 13.6. The van der Waals surface area contributed by atoms with Crippen molar-refractivity contribution in [1.29, 1.82) is 0 Å². The summed E-state index contributed by atoms with van der Waals surface area (Å²) in [6.45, 7) is 3.66. The standard InChI is InChI=1S/C20H17F2N3O4/c1-3-28-19(26)18-10-17(25-29-18)12-4-6-15(11(2)8-12)23-20(27)24-16-7-5-13(21)9-14(16)22/h4-10H,3H2,1-2H3,(H2,23,24,27). The largest absolute Gasteiger partial charge is 0.460 e. The van der Waals surface area contributed by atoms with E-state index in [1.165, 1.54) is 6.07 Å². The van der Waals surface area contributed by atoms with Crippen molar-refractivity contribution in [2.75, 3.05) is 17.2 Å². The molecule has 3 rings (SSSR count). The van der Waals surface area contributed by atoms with Crippen molar-refractivity contribution in [2.45, 2.75) is 13.8 Å². The van der Waals surface area contributed by atoms with E-state index in [1.54, 1.807) is 32.0 Å². The molecule has 2 amide bonds. The number of aromatic nitrogens is 1. The number of hydrogen-bond acceptors (Lipinski definition) is 5. The lowest BCUT2D eigenvalue weighted by Gasteiger charge is -2.11. The Labute approximate surface area is 164 Å². The quantitative estimate of drug-likeness (QED) is 0.602. The molecule has 0 unspecified atom stereocenters. The first kappa shape index (κ1) is 20.0. The van der Waals surface area contributed by atoms with Crippen molar-refractivity contribution in [3.05, 3.63) is 65.4 Å². The lowest BCUT2D eigenvalue weighted by atomic mass is 10.1. The van der Waals surface area contributed by atoms with Crippen LogP contribution in [0.3, 0.4) is 0 Å². The summed E-state index contributed by atoms with van der Waals surface area (Å²) in [6, 6.07) is 8.67. The van der Waals surface area contributed by atoms with Gasteiger partial charge >= 0.3 is 12.0 Å². The zero-order valence-corrected chi connectivity index (χ0v) is 15.6. The van der Waals surface area contributed by atoms with Crippen LogP contribution >= 0.6 is 0 Å². The number of carbonyl (C=O) groups is 2. The molecule has 0 saturated heterocycles. The molecular formula is C20H17F2N3O4. The van der Waals surface area contributed by atoms with E-state index in [0.717, 1.165) is 12.1 Å². The van der Waals surface area contributed by atoms with Gasteiger partial charge in [0.2, 0.25) is 5.76 Å². The van der Waals surface area contributed by atoms with Crippen molar-refractivity contribution in [3.8, 4) is 11.3 Å². The summed E-state index contributed by atoms with van der Waals surface area (Å²) < 4.78 is 36.4. The third kappa shape index (κ3) is 4.75. The molecule has 0 aliphatic rings. The third-order valence-electron chi connectivity index (χ3n) is 3.94. The Bertz CT molecular complexity index is 1070. The number of ether oxygens (including phenoxy) is 1. The molecular weight excluding hydrogens is 384 g/mol. The van der Waals surface area contributed by atoms with E-state index in [2.05, 4.69) is 15.8 Å². The summed E-state index contributed by atoms with van der Waals surface area (Å²) in [5, 5.41) is 8.75. The number of anilines is 2. The van der Waals surface area contributed by atoms with Gasteiger partial charge in [-0.25, -0.2) is 18.4 Å². The summed E-state index contributed by atoms with van der Waals surface area (Å²) in [7, 11) is 0. The predicted molar refractivity (Wildman–Crippen MR) is 102 cm³/mol. The Morgan fingerprint density at radius 3 is 2.48 bits per heavy atom. The average Bonchev–Trinajstić information content (AvgIpc) is 3.16. The molecule has 2 N–H and O–H groups in total. The van der Waals surface area contributed by atoms with Crippen molar-refractivity contribution < 1.29 is 27.6 Å². The number of esters is 1. The maximum absolute atomic E-state index is 13.6. The summed E-state index contributed by atoms with van der Waals surface area (Å²) in [5.41, 5.74) is 2.12. The van der Waals surface area contributed by atoms with E-state index in [4.69, 9.17) is 9.26 Å². The fraction of sp³-hybridized carbons (Fsp3) is 0.150. The average molecular weight is 401 g/mol. The van der Waals surface area contributed by atoms with Crippen LogP contribution in [0.25, 0.3) is 11.3 Å². The van der Waals surface area contributed by atoms with Gasteiger partial charge in [-0.3, -0.25) is 0 Å². The van der Waals surface area contributed by atoms with Gasteiger partial charge < -0.3 is 19.9 Å². The predicted octanol–water partition coefficient (Wildman–Crippen LogP) is 4.75. The Morgan fingerprint density at radius 1 is 1.07 bits per heavy atom. The molecule has 3 aromatic rings. The van der Waals surface area contributed by atoms with Crippen LogP contribution in [-0.2, 0) is 4.74 Å². The molecule has 0 aliphatic carbocycles. The highest BCUT2D eigenvalue weighted by Crippen LogP contribution is 2.25. The fourth-order valence-corrected chi connectivity index (χ4v) is 2.54. The van der Waals surface area contributed by atoms with Crippen LogP contribution in [0.1, 0.15) is 23.0 Å². The van der Waals surface area contributed by atoms with E-state index < -0.39 is 23.6 Å². The Balaban J connectivity index is 1.71. The number of nitrogens with zero attached hydrogens (tertiary/aromatic N) is 1. The number of rotatable bonds is 5. The van der Waals surface area contributed by atoms with Crippen LogP contribution in [0.15, 0.2) is 47.0 Å². The number of benzene rings is 2. The van der Waals surface area contributed by atoms with Crippen LogP contribution in [-0.4, -0.2) is 23.8 Å². The number of aryl methyl sites for hydroxylation is 1. The summed E-state index contributed by atoms with van der Waals surface area (Å²) in [6.07, 6.45) is 0. The number of urea groups is 1. The SMILES string of the molecule is CCOC(=O)c1cc(-c2ccc(NC(=O)Nc3ccc(F)cc3F)c(C)c2)no1. The van der Waals surface area contributed by atoms with Gasteiger partial charge in [0.1, 0.15) is 17.3 Å². The molecule has 2 aromatic carbocycles. The topological polar surface area (TPSA) is 93.5 Å². The lowest BCUT2D eigenvalue weighted by molar-refractivity contribution is 0.0479. The molecule has 150 valence electrons. The van der Waals surface area contributed by atoms with Gasteiger partial charge in [-0.2, -0.15) is 0 Å². The van der Waals surface area contributed by atoms with Crippen LogP contribution in [0.5, 0.6) is 0 Å². The Kier molecular flexibility index (Phi) is 5.87. The van der Waals surface area contributed by atoms with Gasteiger partial charge in [0.05, 0.1) is 12.3 Å². The first-order chi connectivity index (χ1) is 13.9. The van der Waals surface area contributed by atoms with Crippen molar-refractivity contribution in [2.24, 2.45) is 0 Å². The van der Waals surface area contributed by atoms with Gasteiger partial charge in [-0.1, -0.05) is 11.2 Å². The normalized spacial score (nSPS) is 10.5. The highest BCUT2D eigenvalue weighted by atomic mass is 19.1. The van der Waals surface area contributed by atoms with Crippen molar-refractivity contribution in [3.63, 3.8) is 0 Å².